The van der Waals surface area contributed by atoms with Crippen LogP contribution >= 0.6 is 34.2 Å². The molecule has 1 heterocycles. The van der Waals surface area contributed by atoms with Crippen molar-refractivity contribution in [3.63, 3.8) is 0 Å². The van der Waals surface area contributed by atoms with E-state index in [1.165, 1.54) is 12.0 Å². The topological polar surface area (TPSA) is 25.8 Å². The zero-order chi connectivity index (χ0) is 13.5. The van der Waals surface area contributed by atoms with Gasteiger partial charge in [-0.05, 0) is 47.9 Å². The molecular formula is C15H14ClIN2. The van der Waals surface area contributed by atoms with Crippen LogP contribution in [-0.2, 0) is 5.41 Å². The second-order valence-electron chi connectivity index (χ2n) is 5.04. The molecule has 0 bridgehead atoms. The van der Waals surface area contributed by atoms with E-state index in [1.807, 2.05) is 13.0 Å². The number of aryl methyl sites for hydroxylation is 1. The summed E-state index contributed by atoms with van der Waals surface area (Å²) in [6, 6.07) is 10.5. The molecular weight excluding hydrogens is 371 g/mol. The molecule has 1 aromatic carbocycles. The molecule has 0 N–H and O–H groups in total. The lowest BCUT2D eigenvalue weighted by molar-refractivity contribution is 0.284. The van der Waals surface area contributed by atoms with Crippen molar-refractivity contribution in [2.75, 3.05) is 0 Å². The summed E-state index contributed by atoms with van der Waals surface area (Å²) < 4.78 is 0.950. The highest BCUT2D eigenvalue weighted by atomic mass is 127. The maximum atomic E-state index is 6.24. The van der Waals surface area contributed by atoms with Crippen LogP contribution in [0.3, 0.4) is 0 Å². The number of hydrogen-bond donors (Lipinski definition) is 0. The maximum Gasteiger partial charge on any atom is 0.146 e. The molecule has 0 amide bonds. The minimum Gasteiger partial charge on any atom is -0.236 e. The third-order valence-electron chi connectivity index (χ3n) is 3.94. The molecule has 1 fully saturated rings. The summed E-state index contributed by atoms with van der Waals surface area (Å²) in [6.45, 7) is 2.00. The molecule has 1 aliphatic rings. The van der Waals surface area contributed by atoms with Gasteiger partial charge in [-0.1, -0.05) is 48.4 Å². The Kier molecular flexibility index (Phi) is 3.52. The van der Waals surface area contributed by atoms with Crippen molar-refractivity contribution in [2.45, 2.75) is 31.6 Å². The van der Waals surface area contributed by atoms with Gasteiger partial charge in [0.15, 0.2) is 0 Å². The SMILES string of the molecule is Cc1nc(C2(c3ccccc3)CCC2)nc(Cl)c1I. The molecule has 0 unspecified atom stereocenters. The van der Waals surface area contributed by atoms with Crippen LogP contribution in [0.25, 0.3) is 0 Å². The summed E-state index contributed by atoms with van der Waals surface area (Å²) >= 11 is 8.44. The molecule has 0 saturated heterocycles. The minimum absolute atomic E-state index is 0.0278. The van der Waals surface area contributed by atoms with Crippen LogP contribution in [0, 0.1) is 10.5 Å². The van der Waals surface area contributed by atoms with E-state index >= 15 is 0 Å². The molecule has 0 atom stereocenters. The number of nitrogens with zero attached hydrogens (tertiary/aromatic N) is 2. The Balaban J connectivity index is 2.13. The van der Waals surface area contributed by atoms with Gasteiger partial charge in [0.2, 0.25) is 0 Å². The van der Waals surface area contributed by atoms with Gasteiger partial charge in [-0.3, -0.25) is 0 Å². The first-order valence-electron chi connectivity index (χ1n) is 6.39. The lowest BCUT2D eigenvalue weighted by atomic mass is 9.64. The van der Waals surface area contributed by atoms with Gasteiger partial charge in [-0.25, -0.2) is 9.97 Å². The molecule has 2 aromatic rings. The summed E-state index contributed by atoms with van der Waals surface area (Å²) in [5.74, 6) is 0.882. The van der Waals surface area contributed by atoms with Crippen molar-refractivity contribution >= 4 is 34.2 Å². The van der Waals surface area contributed by atoms with Crippen LogP contribution in [0.2, 0.25) is 5.15 Å². The van der Waals surface area contributed by atoms with E-state index in [0.29, 0.717) is 5.15 Å². The lowest BCUT2D eigenvalue weighted by Gasteiger charge is -2.41. The predicted molar refractivity (Wildman–Crippen MR) is 85.6 cm³/mol. The van der Waals surface area contributed by atoms with Crippen molar-refractivity contribution in [2.24, 2.45) is 0 Å². The highest BCUT2D eigenvalue weighted by Crippen LogP contribution is 2.47. The average Bonchev–Trinajstić information content (AvgIpc) is 2.36. The van der Waals surface area contributed by atoms with E-state index in [0.717, 1.165) is 27.9 Å². The zero-order valence-corrected chi connectivity index (χ0v) is 13.6. The van der Waals surface area contributed by atoms with Crippen LogP contribution < -0.4 is 0 Å². The summed E-state index contributed by atoms with van der Waals surface area (Å²) in [7, 11) is 0. The number of hydrogen-bond acceptors (Lipinski definition) is 2. The van der Waals surface area contributed by atoms with Gasteiger partial charge in [0.05, 0.1) is 14.7 Å². The van der Waals surface area contributed by atoms with E-state index < -0.39 is 0 Å². The number of benzene rings is 1. The largest absolute Gasteiger partial charge is 0.236 e. The Bertz CT molecular complexity index is 586. The fourth-order valence-corrected chi connectivity index (χ4v) is 3.13. The van der Waals surface area contributed by atoms with Crippen molar-refractivity contribution in [1.29, 1.82) is 0 Å². The first-order valence-corrected chi connectivity index (χ1v) is 7.85. The van der Waals surface area contributed by atoms with Crippen molar-refractivity contribution in [1.82, 2.24) is 9.97 Å². The number of aromatic nitrogens is 2. The normalized spacial score (nSPS) is 17.0. The molecule has 1 aromatic heterocycles. The Morgan fingerprint density at radius 3 is 2.37 bits per heavy atom. The van der Waals surface area contributed by atoms with E-state index in [-0.39, 0.29) is 5.41 Å². The van der Waals surface area contributed by atoms with E-state index in [2.05, 4.69) is 51.8 Å². The Morgan fingerprint density at radius 1 is 1.16 bits per heavy atom. The van der Waals surface area contributed by atoms with E-state index in [1.54, 1.807) is 0 Å². The van der Waals surface area contributed by atoms with Gasteiger partial charge in [0.25, 0.3) is 0 Å². The Morgan fingerprint density at radius 2 is 1.84 bits per heavy atom. The van der Waals surface area contributed by atoms with Crippen LogP contribution in [0.4, 0.5) is 0 Å². The number of rotatable bonds is 2. The minimum atomic E-state index is -0.0278. The van der Waals surface area contributed by atoms with E-state index in [9.17, 15) is 0 Å². The maximum absolute atomic E-state index is 6.24. The monoisotopic (exact) mass is 384 g/mol. The number of halogens is 2. The van der Waals surface area contributed by atoms with Gasteiger partial charge in [0.1, 0.15) is 11.0 Å². The molecule has 98 valence electrons. The Hall–Kier alpha value is -0.680. The predicted octanol–water partition coefficient (Wildman–Crippen LogP) is 4.51. The second kappa shape index (κ2) is 5.02. The summed E-state index contributed by atoms with van der Waals surface area (Å²) in [4.78, 5) is 9.25. The van der Waals surface area contributed by atoms with Gasteiger partial charge in [-0.15, -0.1) is 0 Å². The average molecular weight is 385 g/mol. The molecule has 1 aliphatic carbocycles. The molecule has 4 heteroatoms. The third kappa shape index (κ3) is 2.17. The fourth-order valence-electron chi connectivity index (χ4n) is 2.67. The summed E-state index contributed by atoms with van der Waals surface area (Å²) in [5, 5.41) is 0.574. The lowest BCUT2D eigenvalue weighted by Crippen LogP contribution is -2.37. The highest BCUT2D eigenvalue weighted by molar-refractivity contribution is 14.1. The summed E-state index contributed by atoms with van der Waals surface area (Å²) in [5.41, 5.74) is 2.25. The fraction of sp³-hybridized carbons (Fsp3) is 0.333. The van der Waals surface area contributed by atoms with Crippen LogP contribution in [0.1, 0.15) is 36.3 Å². The highest BCUT2D eigenvalue weighted by Gasteiger charge is 2.43. The first kappa shape index (κ1) is 13.3. The second-order valence-corrected chi connectivity index (χ2v) is 6.48. The summed E-state index contributed by atoms with van der Waals surface area (Å²) in [6.07, 6.45) is 3.43. The molecule has 0 spiro atoms. The molecule has 2 nitrogen and oxygen atoms in total. The smallest absolute Gasteiger partial charge is 0.146 e. The van der Waals surface area contributed by atoms with Crippen molar-refractivity contribution in [3.8, 4) is 0 Å². The standard InChI is InChI=1S/C15H14ClIN2/c1-10-12(17)13(16)19-14(18-10)15(8-5-9-15)11-6-3-2-4-7-11/h2-4,6-7H,5,8-9H2,1H3. The molecule has 0 radical (unpaired) electrons. The van der Waals surface area contributed by atoms with Gasteiger partial charge in [0, 0.05) is 0 Å². The van der Waals surface area contributed by atoms with Crippen molar-refractivity contribution in [3.05, 3.63) is 56.1 Å². The molecule has 3 rings (SSSR count). The zero-order valence-electron chi connectivity index (χ0n) is 10.7. The van der Waals surface area contributed by atoms with Gasteiger partial charge < -0.3 is 0 Å². The van der Waals surface area contributed by atoms with Crippen molar-refractivity contribution < 1.29 is 0 Å². The van der Waals surface area contributed by atoms with Crippen LogP contribution in [0.15, 0.2) is 30.3 Å². The van der Waals surface area contributed by atoms with Gasteiger partial charge >= 0.3 is 0 Å². The molecule has 1 saturated carbocycles. The quantitative estimate of drug-likeness (QED) is 0.562. The first-order chi connectivity index (χ1) is 9.13. The third-order valence-corrected chi connectivity index (χ3v) is 5.82. The van der Waals surface area contributed by atoms with Gasteiger partial charge in [-0.2, -0.15) is 0 Å². The Labute approximate surface area is 131 Å². The molecule has 19 heavy (non-hydrogen) atoms. The van der Waals surface area contributed by atoms with E-state index in [4.69, 9.17) is 16.6 Å². The van der Waals surface area contributed by atoms with Crippen LogP contribution in [0.5, 0.6) is 0 Å². The van der Waals surface area contributed by atoms with Crippen LogP contribution in [-0.4, -0.2) is 9.97 Å². The molecule has 0 aliphatic heterocycles.